The predicted molar refractivity (Wildman–Crippen MR) is 85.5 cm³/mol. The van der Waals surface area contributed by atoms with Gasteiger partial charge in [-0.15, -0.1) is 0 Å². The Balaban J connectivity index is 1.99. The van der Waals surface area contributed by atoms with Crippen LogP contribution in [0.15, 0.2) is 40.5 Å². The van der Waals surface area contributed by atoms with Crippen LogP contribution in [0.1, 0.15) is 39.2 Å². The average molecular weight is 320 g/mol. The molecule has 0 saturated carbocycles. The van der Waals surface area contributed by atoms with E-state index >= 15 is 0 Å². The number of allylic oxidation sites excluding steroid dienone is 3. The van der Waals surface area contributed by atoms with Gasteiger partial charge in [0.2, 0.25) is 0 Å². The van der Waals surface area contributed by atoms with Crippen LogP contribution in [0.3, 0.4) is 0 Å². The van der Waals surface area contributed by atoms with E-state index < -0.39 is 11.7 Å². The Morgan fingerprint density at radius 1 is 1.48 bits per heavy atom. The van der Waals surface area contributed by atoms with E-state index in [9.17, 15) is 13.6 Å². The molecule has 122 valence electrons. The van der Waals surface area contributed by atoms with Crippen molar-refractivity contribution in [1.82, 2.24) is 14.5 Å². The van der Waals surface area contributed by atoms with E-state index in [1.165, 1.54) is 12.3 Å². The van der Waals surface area contributed by atoms with Gasteiger partial charge in [0, 0.05) is 12.5 Å². The summed E-state index contributed by atoms with van der Waals surface area (Å²) >= 11 is 0. The minimum Gasteiger partial charge on any atom is -0.350 e. The molecule has 2 aromatic rings. The number of nitrogens with zero attached hydrogens (tertiary/aromatic N) is 2. The van der Waals surface area contributed by atoms with Crippen LogP contribution < -0.4 is 11.0 Å². The van der Waals surface area contributed by atoms with E-state index in [1.54, 1.807) is 10.6 Å². The van der Waals surface area contributed by atoms with Crippen molar-refractivity contribution < 1.29 is 8.78 Å². The second kappa shape index (κ2) is 5.98. The topological polar surface area (TPSA) is 62.7 Å². The van der Waals surface area contributed by atoms with E-state index in [-0.39, 0.29) is 23.8 Å². The van der Waals surface area contributed by atoms with Crippen LogP contribution in [0.5, 0.6) is 0 Å². The molecule has 1 atom stereocenters. The molecule has 2 heterocycles. The molecule has 23 heavy (non-hydrogen) atoms. The number of fused-ring (bicyclic) bond motifs is 1. The molecule has 1 aliphatic carbocycles. The highest BCUT2D eigenvalue weighted by atomic mass is 19.1. The molecule has 0 amide bonds. The van der Waals surface area contributed by atoms with Crippen molar-refractivity contribution in [3.8, 4) is 0 Å². The van der Waals surface area contributed by atoms with E-state index in [1.807, 2.05) is 13.8 Å². The number of hydrogen-bond acceptors (Lipinski definition) is 3. The van der Waals surface area contributed by atoms with Crippen LogP contribution >= 0.6 is 0 Å². The molecule has 7 heteroatoms. The standard InChI is InChI=1S/C16H18F2N4O/c1-3-9(2)22-15-13(21-16(22)23)7-10(8-19-15)20-14-11(17)5-4-6-12(14)18/h5,7-9,20H,3-4,6H2,1-2H3,(H,21,23). The zero-order valence-corrected chi connectivity index (χ0v) is 13.0. The van der Waals surface area contributed by atoms with Crippen LogP contribution in [0.4, 0.5) is 14.5 Å². The van der Waals surface area contributed by atoms with Crippen molar-refractivity contribution >= 4 is 16.9 Å². The van der Waals surface area contributed by atoms with Gasteiger partial charge < -0.3 is 10.3 Å². The van der Waals surface area contributed by atoms with Gasteiger partial charge in [-0.2, -0.15) is 0 Å². The summed E-state index contributed by atoms with van der Waals surface area (Å²) in [7, 11) is 0. The lowest BCUT2D eigenvalue weighted by Crippen LogP contribution is -2.20. The number of imidazole rings is 1. The molecule has 0 bridgehead atoms. The Hall–Kier alpha value is -2.44. The van der Waals surface area contributed by atoms with Gasteiger partial charge in [0.05, 0.1) is 17.4 Å². The molecule has 1 aliphatic rings. The maximum Gasteiger partial charge on any atom is 0.327 e. The zero-order valence-electron chi connectivity index (χ0n) is 13.0. The molecule has 0 fully saturated rings. The Bertz CT molecular complexity index is 863. The van der Waals surface area contributed by atoms with E-state index in [0.29, 0.717) is 23.3 Å². The van der Waals surface area contributed by atoms with E-state index in [4.69, 9.17) is 0 Å². The number of aromatic nitrogens is 3. The van der Waals surface area contributed by atoms with Crippen molar-refractivity contribution in [3.63, 3.8) is 0 Å². The first-order chi connectivity index (χ1) is 11.0. The van der Waals surface area contributed by atoms with Gasteiger partial charge in [0.25, 0.3) is 0 Å². The first-order valence-electron chi connectivity index (χ1n) is 7.63. The Labute approximate surface area is 131 Å². The Kier molecular flexibility index (Phi) is 4.02. The molecule has 2 aromatic heterocycles. The van der Waals surface area contributed by atoms with Gasteiger partial charge in [-0.05, 0) is 31.9 Å². The number of anilines is 1. The highest BCUT2D eigenvalue weighted by molar-refractivity contribution is 5.75. The molecule has 5 nitrogen and oxygen atoms in total. The smallest absolute Gasteiger partial charge is 0.327 e. The highest BCUT2D eigenvalue weighted by Crippen LogP contribution is 2.28. The lowest BCUT2D eigenvalue weighted by molar-refractivity contribution is 0.526. The number of nitrogens with one attached hydrogen (secondary N) is 2. The lowest BCUT2D eigenvalue weighted by Gasteiger charge is -2.14. The molecule has 0 radical (unpaired) electrons. The molecular formula is C16H18F2N4O. The second-order valence-electron chi connectivity index (χ2n) is 5.65. The Morgan fingerprint density at radius 3 is 2.96 bits per heavy atom. The maximum atomic E-state index is 13.8. The van der Waals surface area contributed by atoms with Gasteiger partial charge in [-0.3, -0.25) is 4.57 Å². The molecule has 1 unspecified atom stereocenters. The minimum absolute atomic E-state index is 0.0152. The summed E-state index contributed by atoms with van der Waals surface area (Å²) in [5.74, 6) is -1.13. The van der Waals surface area contributed by atoms with Gasteiger partial charge in [-0.1, -0.05) is 6.92 Å². The van der Waals surface area contributed by atoms with Gasteiger partial charge in [0.1, 0.15) is 17.4 Å². The fourth-order valence-electron chi connectivity index (χ4n) is 2.63. The quantitative estimate of drug-likeness (QED) is 0.897. The number of aromatic amines is 1. The number of rotatable bonds is 4. The van der Waals surface area contributed by atoms with E-state index in [2.05, 4.69) is 15.3 Å². The third kappa shape index (κ3) is 2.78. The lowest BCUT2D eigenvalue weighted by atomic mass is 10.1. The summed E-state index contributed by atoms with van der Waals surface area (Å²) in [5.41, 5.74) is 1.07. The molecule has 3 rings (SSSR count). The van der Waals surface area contributed by atoms with Crippen LogP contribution in [0.2, 0.25) is 0 Å². The SMILES string of the molecule is CCC(C)n1c(=O)[nH]c2cc(NC3=C(F)CCC=C3F)cnc21. The van der Waals surface area contributed by atoms with Crippen molar-refractivity contribution in [3.05, 3.63) is 46.2 Å². The summed E-state index contributed by atoms with van der Waals surface area (Å²) in [6.07, 6.45) is 4.13. The molecule has 0 aliphatic heterocycles. The largest absolute Gasteiger partial charge is 0.350 e. The van der Waals surface area contributed by atoms with Crippen molar-refractivity contribution in [2.45, 2.75) is 39.2 Å². The molecule has 0 aromatic carbocycles. The van der Waals surface area contributed by atoms with Crippen LogP contribution in [0.25, 0.3) is 11.2 Å². The minimum atomic E-state index is -0.612. The van der Waals surface area contributed by atoms with Crippen LogP contribution in [-0.4, -0.2) is 14.5 Å². The van der Waals surface area contributed by atoms with Gasteiger partial charge >= 0.3 is 5.69 Å². The molecule has 2 N–H and O–H groups in total. The maximum absolute atomic E-state index is 13.8. The second-order valence-corrected chi connectivity index (χ2v) is 5.65. The number of pyridine rings is 1. The van der Waals surface area contributed by atoms with Crippen LogP contribution in [-0.2, 0) is 0 Å². The first-order valence-corrected chi connectivity index (χ1v) is 7.63. The monoisotopic (exact) mass is 320 g/mol. The third-order valence-corrected chi connectivity index (χ3v) is 4.05. The normalized spacial score (nSPS) is 16.6. The fraction of sp³-hybridized carbons (Fsp3) is 0.375. The van der Waals surface area contributed by atoms with Crippen LogP contribution in [0, 0.1) is 0 Å². The van der Waals surface area contributed by atoms with Crippen molar-refractivity contribution in [1.29, 1.82) is 0 Å². The average Bonchev–Trinajstić information content (AvgIpc) is 2.85. The van der Waals surface area contributed by atoms with Crippen molar-refractivity contribution in [2.24, 2.45) is 0 Å². The van der Waals surface area contributed by atoms with Gasteiger partial charge in [-0.25, -0.2) is 18.6 Å². The zero-order chi connectivity index (χ0) is 16.6. The Morgan fingerprint density at radius 2 is 2.26 bits per heavy atom. The number of hydrogen-bond donors (Lipinski definition) is 2. The summed E-state index contributed by atoms with van der Waals surface area (Å²) < 4.78 is 29.1. The molecule has 0 spiro atoms. The number of H-pyrrole nitrogens is 1. The summed E-state index contributed by atoms with van der Waals surface area (Å²) in [6.45, 7) is 3.92. The summed E-state index contributed by atoms with van der Waals surface area (Å²) in [4.78, 5) is 19.1. The van der Waals surface area contributed by atoms with Crippen molar-refractivity contribution in [2.75, 3.05) is 5.32 Å². The van der Waals surface area contributed by atoms with E-state index in [0.717, 1.165) is 6.42 Å². The summed E-state index contributed by atoms with van der Waals surface area (Å²) in [5, 5.41) is 2.71. The summed E-state index contributed by atoms with van der Waals surface area (Å²) in [6, 6.07) is 1.64. The molecular weight excluding hydrogens is 302 g/mol. The third-order valence-electron chi connectivity index (χ3n) is 4.05. The fourth-order valence-corrected chi connectivity index (χ4v) is 2.63. The predicted octanol–water partition coefficient (Wildman–Crippen LogP) is 3.94. The molecule has 0 saturated heterocycles. The number of halogens is 2. The van der Waals surface area contributed by atoms with Gasteiger partial charge in [0.15, 0.2) is 5.65 Å². The highest BCUT2D eigenvalue weighted by Gasteiger charge is 2.18. The first kappa shape index (κ1) is 15.5.